The number of thiazole rings is 1. The van der Waals surface area contributed by atoms with Crippen LogP contribution in [0, 0.1) is 10.1 Å². The lowest BCUT2D eigenvalue weighted by atomic mass is 10.3. The molecule has 0 saturated carbocycles. The minimum absolute atomic E-state index is 0.0204. The molecular weight excluding hydrogens is 386 g/mol. The average Bonchev–Trinajstić information content (AvgIpc) is 3.02. The highest BCUT2D eigenvalue weighted by Gasteiger charge is 2.25. The van der Waals surface area contributed by atoms with Crippen LogP contribution >= 0.6 is 27.3 Å². The number of halogens is 1. The van der Waals surface area contributed by atoms with Gasteiger partial charge in [0.15, 0.2) is 5.13 Å². The summed E-state index contributed by atoms with van der Waals surface area (Å²) < 4.78 is 6.38. The lowest BCUT2D eigenvalue weighted by molar-refractivity contribution is -0.385. The van der Waals surface area contributed by atoms with E-state index < -0.39 is 4.92 Å². The molecule has 0 spiro atoms. The van der Waals surface area contributed by atoms with Crippen LogP contribution < -0.4 is 10.1 Å². The number of aromatic nitrogens is 3. The molecule has 0 aliphatic carbocycles. The number of benzene rings is 1. The summed E-state index contributed by atoms with van der Waals surface area (Å²) in [5.74, 6) is 0.300. The average molecular weight is 394 g/mol. The van der Waals surface area contributed by atoms with Gasteiger partial charge in [-0.1, -0.05) is 15.9 Å². The minimum Gasteiger partial charge on any atom is -0.434 e. The van der Waals surface area contributed by atoms with E-state index in [2.05, 4.69) is 36.2 Å². The first-order chi connectivity index (χ1) is 11.1. The SMILES string of the molecule is O=[N+]([O-])c1c(Nc2nccs2)ncnc1Oc1ccc(Br)cc1. The van der Waals surface area contributed by atoms with Crippen LogP contribution in [-0.4, -0.2) is 19.9 Å². The third kappa shape index (κ3) is 3.60. The maximum absolute atomic E-state index is 11.4. The van der Waals surface area contributed by atoms with Gasteiger partial charge in [0.25, 0.3) is 0 Å². The first-order valence-electron chi connectivity index (χ1n) is 6.23. The van der Waals surface area contributed by atoms with E-state index in [1.165, 1.54) is 17.7 Å². The number of ether oxygens (including phenoxy) is 1. The van der Waals surface area contributed by atoms with E-state index in [1.807, 2.05) is 0 Å². The Balaban J connectivity index is 1.96. The number of rotatable bonds is 5. The van der Waals surface area contributed by atoms with E-state index in [0.29, 0.717) is 10.9 Å². The van der Waals surface area contributed by atoms with Crippen LogP contribution in [0.2, 0.25) is 0 Å². The normalized spacial score (nSPS) is 10.3. The summed E-state index contributed by atoms with van der Waals surface area (Å²) in [4.78, 5) is 22.6. The topological polar surface area (TPSA) is 103 Å². The Morgan fingerprint density at radius 3 is 2.65 bits per heavy atom. The number of hydrogen-bond acceptors (Lipinski definition) is 8. The fourth-order valence-electron chi connectivity index (χ4n) is 1.69. The number of hydrogen-bond donors (Lipinski definition) is 1. The molecule has 0 radical (unpaired) electrons. The fourth-order valence-corrected chi connectivity index (χ4v) is 2.49. The van der Waals surface area contributed by atoms with Crippen molar-refractivity contribution in [2.45, 2.75) is 0 Å². The standard InChI is InChI=1S/C13H8BrN5O3S/c14-8-1-3-9(4-2-8)22-12-10(19(20)21)11(16-7-17-12)18-13-15-5-6-23-13/h1-7H,(H,15,16,17,18). The molecule has 2 aromatic heterocycles. The van der Waals surface area contributed by atoms with Crippen molar-refractivity contribution >= 4 is 43.9 Å². The van der Waals surface area contributed by atoms with E-state index in [9.17, 15) is 10.1 Å². The Morgan fingerprint density at radius 1 is 1.22 bits per heavy atom. The lowest BCUT2D eigenvalue weighted by Gasteiger charge is -2.08. The number of nitrogens with zero attached hydrogens (tertiary/aromatic N) is 4. The van der Waals surface area contributed by atoms with Crippen LogP contribution in [0.3, 0.4) is 0 Å². The van der Waals surface area contributed by atoms with Gasteiger partial charge in [0.05, 0.1) is 4.92 Å². The van der Waals surface area contributed by atoms with Crippen LogP contribution in [0.4, 0.5) is 16.6 Å². The van der Waals surface area contributed by atoms with Gasteiger partial charge in [-0.25, -0.2) is 9.97 Å². The minimum atomic E-state index is -0.593. The summed E-state index contributed by atoms with van der Waals surface area (Å²) in [5, 5.41) is 16.4. The quantitative estimate of drug-likeness (QED) is 0.512. The van der Waals surface area contributed by atoms with Crippen molar-refractivity contribution in [1.82, 2.24) is 15.0 Å². The largest absolute Gasteiger partial charge is 0.434 e. The number of nitro groups is 1. The summed E-state index contributed by atoms with van der Waals surface area (Å²) in [6, 6.07) is 6.86. The second-order valence-corrected chi connectivity index (χ2v) is 5.96. The first kappa shape index (κ1) is 15.3. The molecule has 0 amide bonds. The van der Waals surface area contributed by atoms with E-state index in [0.717, 1.165) is 4.47 Å². The van der Waals surface area contributed by atoms with E-state index in [-0.39, 0.29) is 17.4 Å². The highest BCUT2D eigenvalue weighted by molar-refractivity contribution is 9.10. The van der Waals surface area contributed by atoms with Crippen LogP contribution in [0.5, 0.6) is 11.6 Å². The summed E-state index contributed by atoms with van der Waals surface area (Å²) in [5.41, 5.74) is -0.356. The highest BCUT2D eigenvalue weighted by Crippen LogP contribution is 2.35. The molecule has 3 aromatic rings. The maximum atomic E-state index is 11.4. The number of anilines is 2. The van der Waals surface area contributed by atoms with Gasteiger partial charge < -0.3 is 10.1 Å². The van der Waals surface area contributed by atoms with Crippen LogP contribution in [0.15, 0.2) is 46.6 Å². The zero-order valence-electron chi connectivity index (χ0n) is 11.3. The van der Waals surface area contributed by atoms with Gasteiger partial charge in [-0.3, -0.25) is 10.1 Å². The molecule has 2 heterocycles. The molecule has 10 heteroatoms. The number of nitrogens with one attached hydrogen (secondary N) is 1. The summed E-state index contributed by atoms with van der Waals surface area (Å²) in [6.07, 6.45) is 2.77. The predicted molar refractivity (Wildman–Crippen MR) is 88.3 cm³/mol. The molecule has 0 aliphatic heterocycles. The molecule has 0 unspecified atom stereocenters. The van der Waals surface area contributed by atoms with Crippen molar-refractivity contribution in [3.05, 3.63) is 56.8 Å². The van der Waals surface area contributed by atoms with E-state index >= 15 is 0 Å². The van der Waals surface area contributed by atoms with Gasteiger partial charge in [0.1, 0.15) is 12.1 Å². The van der Waals surface area contributed by atoms with Gasteiger partial charge >= 0.3 is 11.6 Å². The Labute approximate surface area is 142 Å². The van der Waals surface area contributed by atoms with Gasteiger partial charge in [0.2, 0.25) is 5.82 Å². The smallest absolute Gasteiger partial charge is 0.373 e. The zero-order valence-corrected chi connectivity index (χ0v) is 13.7. The Bertz CT molecular complexity index is 826. The molecule has 0 atom stereocenters. The van der Waals surface area contributed by atoms with Gasteiger partial charge in [0, 0.05) is 16.0 Å². The Kier molecular flexibility index (Phi) is 4.44. The second-order valence-electron chi connectivity index (χ2n) is 4.15. The van der Waals surface area contributed by atoms with Crippen molar-refractivity contribution in [2.24, 2.45) is 0 Å². The molecule has 23 heavy (non-hydrogen) atoms. The molecule has 116 valence electrons. The van der Waals surface area contributed by atoms with Crippen molar-refractivity contribution in [3.8, 4) is 11.6 Å². The van der Waals surface area contributed by atoms with Crippen molar-refractivity contribution < 1.29 is 9.66 Å². The van der Waals surface area contributed by atoms with Gasteiger partial charge in [-0.15, -0.1) is 11.3 Å². The third-order valence-electron chi connectivity index (χ3n) is 2.66. The monoisotopic (exact) mass is 393 g/mol. The summed E-state index contributed by atoms with van der Waals surface area (Å²) in [7, 11) is 0. The van der Waals surface area contributed by atoms with Gasteiger partial charge in [-0.2, -0.15) is 4.98 Å². The highest BCUT2D eigenvalue weighted by atomic mass is 79.9. The second kappa shape index (κ2) is 6.67. The lowest BCUT2D eigenvalue weighted by Crippen LogP contribution is -2.03. The van der Waals surface area contributed by atoms with Crippen LogP contribution in [0.1, 0.15) is 0 Å². The molecule has 0 aliphatic rings. The molecule has 1 N–H and O–H groups in total. The van der Waals surface area contributed by atoms with Crippen molar-refractivity contribution in [2.75, 3.05) is 5.32 Å². The van der Waals surface area contributed by atoms with E-state index in [4.69, 9.17) is 4.74 Å². The first-order valence-corrected chi connectivity index (χ1v) is 7.90. The molecule has 3 rings (SSSR count). The van der Waals surface area contributed by atoms with Crippen LogP contribution in [-0.2, 0) is 0 Å². The molecule has 8 nitrogen and oxygen atoms in total. The van der Waals surface area contributed by atoms with Crippen molar-refractivity contribution in [1.29, 1.82) is 0 Å². The van der Waals surface area contributed by atoms with Crippen LogP contribution in [0.25, 0.3) is 0 Å². The zero-order chi connectivity index (χ0) is 16.2. The Hall–Kier alpha value is -2.59. The molecule has 0 saturated heterocycles. The molecule has 0 bridgehead atoms. The Morgan fingerprint density at radius 2 is 2.00 bits per heavy atom. The van der Waals surface area contributed by atoms with E-state index in [1.54, 1.807) is 35.8 Å². The summed E-state index contributed by atoms with van der Waals surface area (Å²) in [6.45, 7) is 0. The van der Waals surface area contributed by atoms with Crippen molar-refractivity contribution in [3.63, 3.8) is 0 Å². The maximum Gasteiger partial charge on any atom is 0.373 e. The predicted octanol–water partition coefficient (Wildman–Crippen LogP) is 4.14. The van der Waals surface area contributed by atoms with Gasteiger partial charge in [-0.05, 0) is 24.3 Å². The fraction of sp³-hybridized carbons (Fsp3) is 0. The molecule has 0 fully saturated rings. The molecular formula is C13H8BrN5O3S. The molecule has 1 aromatic carbocycles. The summed E-state index contributed by atoms with van der Waals surface area (Å²) >= 11 is 4.61. The third-order valence-corrected chi connectivity index (χ3v) is 3.87.